The van der Waals surface area contributed by atoms with Crippen LogP contribution in [0.3, 0.4) is 0 Å². The average Bonchev–Trinajstić information content (AvgIpc) is 2.60. The highest BCUT2D eigenvalue weighted by Gasteiger charge is 2.20. The van der Waals surface area contributed by atoms with Crippen molar-refractivity contribution in [1.82, 2.24) is 4.98 Å². The number of aryl methyl sites for hydroxylation is 1. The highest BCUT2D eigenvalue weighted by atomic mass is 15.1. The Hall–Kier alpha value is -1.87. The minimum atomic E-state index is 0.159. The Morgan fingerprint density at radius 2 is 2.15 bits per heavy atom. The number of benzene rings is 1. The topological polar surface area (TPSA) is 42.2 Å². The van der Waals surface area contributed by atoms with E-state index in [1.807, 2.05) is 12.4 Å². The van der Waals surface area contributed by atoms with Gasteiger partial charge in [-0.05, 0) is 42.5 Å². The molecule has 0 saturated carbocycles. The first-order valence-electron chi connectivity index (χ1n) is 7.24. The van der Waals surface area contributed by atoms with E-state index >= 15 is 0 Å². The second kappa shape index (κ2) is 5.63. The highest BCUT2D eigenvalue weighted by Crippen LogP contribution is 2.32. The van der Waals surface area contributed by atoms with E-state index < -0.39 is 0 Å². The summed E-state index contributed by atoms with van der Waals surface area (Å²) in [5, 5.41) is 0. The van der Waals surface area contributed by atoms with Crippen molar-refractivity contribution in [2.75, 3.05) is 11.4 Å². The fourth-order valence-corrected chi connectivity index (χ4v) is 2.96. The lowest BCUT2D eigenvalue weighted by Crippen LogP contribution is -2.23. The molecular weight excluding hydrogens is 246 g/mol. The summed E-state index contributed by atoms with van der Waals surface area (Å²) in [4.78, 5) is 6.72. The zero-order valence-electron chi connectivity index (χ0n) is 11.9. The van der Waals surface area contributed by atoms with Crippen LogP contribution in [0.2, 0.25) is 0 Å². The Kier molecular flexibility index (Phi) is 3.70. The van der Waals surface area contributed by atoms with Gasteiger partial charge in [-0.15, -0.1) is 0 Å². The molecule has 1 atom stereocenters. The predicted molar refractivity (Wildman–Crippen MR) is 82.6 cm³/mol. The number of hydrogen-bond donors (Lipinski definition) is 1. The smallest absolute Gasteiger partial charge is 0.0444 e. The van der Waals surface area contributed by atoms with Crippen LogP contribution in [0.1, 0.15) is 35.6 Å². The summed E-state index contributed by atoms with van der Waals surface area (Å²) in [5.41, 5.74) is 11.3. The van der Waals surface area contributed by atoms with Gasteiger partial charge in [-0.1, -0.05) is 24.3 Å². The lowest BCUT2D eigenvalue weighted by molar-refractivity contribution is 0.626. The summed E-state index contributed by atoms with van der Waals surface area (Å²) < 4.78 is 0. The van der Waals surface area contributed by atoms with E-state index in [1.165, 1.54) is 22.4 Å². The molecule has 0 spiro atoms. The van der Waals surface area contributed by atoms with Gasteiger partial charge in [-0.25, -0.2) is 0 Å². The Labute approximate surface area is 120 Å². The standard InChI is InChI=1S/C17H21N3/c1-13-9-14(11-19-10-13)12-20-8-4-6-16(18)15-5-2-3-7-17(15)20/h2-3,5,7,9-11,16H,4,6,8,12,18H2,1H3. The molecule has 0 fully saturated rings. The molecule has 3 nitrogen and oxygen atoms in total. The molecule has 1 aliphatic heterocycles. The molecule has 0 saturated heterocycles. The van der Waals surface area contributed by atoms with Gasteiger partial charge in [-0.3, -0.25) is 4.98 Å². The van der Waals surface area contributed by atoms with Gasteiger partial charge in [0.25, 0.3) is 0 Å². The van der Waals surface area contributed by atoms with Crippen LogP contribution in [0.15, 0.2) is 42.7 Å². The number of nitrogens with two attached hydrogens (primary N) is 1. The van der Waals surface area contributed by atoms with E-state index in [4.69, 9.17) is 5.73 Å². The molecule has 1 aromatic heterocycles. The van der Waals surface area contributed by atoms with Crippen molar-refractivity contribution in [1.29, 1.82) is 0 Å². The number of aromatic nitrogens is 1. The lowest BCUT2D eigenvalue weighted by Gasteiger charge is -2.25. The quantitative estimate of drug-likeness (QED) is 0.908. The van der Waals surface area contributed by atoms with Gasteiger partial charge in [0.15, 0.2) is 0 Å². The van der Waals surface area contributed by atoms with E-state index in [2.05, 4.69) is 47.1 Å². The van der Waals surface area contributed by atoms with Gasteiger partial charge in [-0.2, -0.15) is 0 Å². The number of para-hydroxylation sites is 1. The van der Waals surface area contributed by atoms with Crippen molar-refractivity contribution in [3.63, 3.8) is 0 Å². The molecule has 1 unspecified atom stereocenters. The van der Waals surface area contributed by atoms with Crippen LogP contribution in [0, 0.1) is 6.92 Å². The first-order valence-corrected chi connectivity index (χ1v) is 7.24. The zero-order valence-corrected chi connectivity index (χ0v) is 11.9. The molecule has 0 aliphatic carbocycles. The van der Waals surface area contributed by atoms with Crippen molar-refractivity contribution in [3.05, 3.63) is 59.4 Å². The number of pyridine rings is 1. The number of nitrogens with zero attached hydrogens (tertiary/aromatic N) is 2. The first-order chi connectivity index (χ1) is 9.74. The van der Waals surface area contributed by atoms with E-state index in [0.29, 0.717) is 0 Å². The molecule has 1 aliphatic rings. The molecule has 0 bridgehead atoms. The normalized spacial score (nSPS) is 18.5. The van der Waals surface area contributed by atoms with Crippen molar-refractivity contribution in [3.8, 4) is 0 Å². The molecule has 20 heavy (non-hydrogen) atoms. The van der Waals surface area contributed by atoms with Gasteiger partial charge in [0.05, 0.1) is 0 Å². The Balaban J connectivity index is 1.91. The molecule has 104 valence electrons. The van der Waals surface area contributed by atoms with Crippen LogP contribution in [-0.4, -0.2) is 11.5 Å². The van der Waals surface area contributed by atoms with Crippen molar-refractivity contribution in [2.24, 2.45) is 5.73 Å². The molecule has 3 rings (SSSR count). The molecule has 0 radical (unpaired) electrons. The van der Waals surface area contributed by atoms with Gasteiger partial charge in [0.1, 0.15) is 0 Å². The number of hydrogen-bond acceptors (Lipinski definition) is 3. The summed E-state index contributed by atoms with van der Waals surface area (Å²) in [6, 6.07) is 10.9. The van der Waals surface area contributed by atoms with Crippen LogP contribution in [0.5, 0.6) is 0 Å². The van der Waals surface area contributed by atoms with Crippen LogP contribution in [-0.2, 0) is 6.54 Å². The SMILES string of the molecule is Cc1cncc(CN2CCCC(N)c3ccccc32)c1. The van der Waals surface area contributed by atoms with Crippen LogP contribution in [0.25, 0.3) is 0 Å². The summed E-state index contributed by atoms with van der Waals surface area (Å²) >= 11 is 0. The average molecular weight is 267 g/mol. The second-order valence-electron chi connectivity index (χ2n) is 5.60. The van der Waals surface area contributed by atoms with E-state index in [9.17, 15) is 0 Å². The highest BCUT2D eigenvalue weighted by molar-refractivity contribution is 5.56. The minimum absolute atomic E-state index is 0.159. The Morgan fingerprint density at radius 1 is 1.30 bits per heavy atom. The van der Waals surface area contributed by atoms with E-state index in [0.717, 1.165) is 25.9 Å². The molecular formula is C17H21N3. The molecule has 2 heterocycles. The maximum absolute atomic E-state index is 6.29. The number of fused-ring (bicyclic) bond motifs is 1. The monoisotopic (exact) mass is 267 g/mol. The van der Waals surface area contributed by atoms with Crippen molar-refractivity contribution >= 4 is 5.69 Å². The second-order valence-corrected chi connectivity index (χ2v) is 5.60. The van der Waals surface area contributed by atoms with Gasteiger partial charge in [0.2, 0.25) is 0 Å². The van der Waals surface area contributed by atoms with Crippen LogP contribution < -0.4 is 10.6 Å². The number of rotatable bonds is 2. The van der Waals surface area contributed by atoms with Crippen molar-refractivity contribution < 1.29 is 0 Å². The maximum atomic E-state index is 6.29. The summed E-state index contributed by atoms with van der Waals surface area (Å²) in [7, 11) is 0. The predicted octanol–water partition coefficient (Wildman–Crippen LogP) is 3.19. The lowest BCUT2D eigenvalue weighted by atomic mass is 10.0. The third kappa shape index (κ3) is 2.68. The fourth-order valence-electron chi connectivity index (χ4n) is 2.96. The fraction of sp³-hybridized carbons (Fsp3) is 0.353. The largest absolute Gasteiger partial charge is 0.367 e. The first kappa shape index (κ1) is 13.1. The summed E-state index contributed by atoms with van der Waals surface area (Å²) in [5.74, 6) is 0. The molecule has 3 heteroatoms. The van der Waals surface area contributed by atoms with Gasteiger partial charge >= 0.3 is 0 Å². The molecule has 2 N–H and O–H groups in total. The summed E-state index contributed by atoms with van der Waals surface area (Å²) in [6.07, 6.45) is 6.05. The van der Waals surface area contributed by atoms with Crippen LogP contribution in [0.4, 0.5) is 5.69 Å². The van der Waals surface area contributed by atoms with Gasteiger partial charge < -0.3 is 10.6 Å². The Bertz CT molecular complexity index is 594. The zero-order chi connectivity index (χ0) is 13.9. The third-order valence-corrected chi connectivity index (χ3v) is 3.93. The van der Waals surface area contributed by atoms with Crippen molar-refractivity contribution in [2.45, 2.75) is 32.4 Å². The number of anilines is 1. The van der Waals surface area contributed by atoms with Gasteiger partial charge in [0, 0.05) is 37.2 Å². The summed E-state index contributed by atoms with van der Waals surface area (Å²) in [6.45, 7) is 4.04. The maximum Gasteiger partial charge on any atom is 0.0444 e. The van der Waals surface area contributed by atoms with Crippen LogP contribution >= 0.6 is 0 Å². The van der Waals surface area contributed by atoms with E-state index in [1.54, 1.807) is 0 Å². The molecule has 1 aromatic carbocycles. The molecule has 0 amide bonds. The Morgan fingerprint density at radius 3 is 3.00 bits per heavy atom. The molecule has 2 aromatic rings. The minimum Gasteiger partial charge on any atom is -0.367 e. The van der Waals surface area contributed by atoms with E-state index in [-0.39, 0.29) is 6.04 Å². The third-order valence-electron chi connectivity index (χ3n) is 3.93.